The SMILES string of the molecule is O=C1Nc2c(Cl)cc3nc(CN[C@@H]4CCCOC4)oc3c2C2(CCC(F)(F)CC2)N1. The average Bonchev–Trinajstić information content (AvgIpc) is 3.12. The lowest BCUT2D eigenvalue weighted by molar-refractivity contribution is -0.0552. The molecule has 7 nitrogen and oxygen atoms in total. The van der Waals surface area contributed by atoms with Crippen LogP contribution in [-0.4, -0.2) is 36.2 Å². The topological polar surface area (TPSA) is 88.4 Å². The van der Waals surface area contributed by atoms with Gasteiger partial charge in [0.05, 0.1) is 29.4 Å². The standard InChI is InChI=1S/C20H23ClF2N4O3/c21-12-8-13-17(30-14(25-13)9-24-11-2-1-7-29-10-11)15-16(12)26-18(28)27-19(15)3-5-20(22,23)6-4-19/h8,11,24H,1-7,9-10H2,(H2,26,27,28)/t11-/m1/s1. The Labute approximate surface area is 176 Å². The van der Waals surface area contributed by atoms with Gasteiger partial charge in [-0.1, -0.05) is 11.6 Å². The van der Waals surface area contributed by atoms with E-state index in [-0.39, 0.29) is 31.7 Å². The first kappa shape index (κ1) is 20.0. The highest BCUT2D eigenvalue weighted by molar-refractivity contribution is 6.35. The molecule has 3 heterocycles. The minimum absolute atomic E-state index is 0.101. The zero-order chi connectivity index (χ0) is 20.9. The number of hydrogen-bond acceptors (Lipinski definition) is 5. The molecular weight excluding hydrogens is 418 g/mol. The van der Waals surface area contributed by atoms with Crippen LogP contribution in [0.4, 0.5) is 19.3 Å². The van der Waals surface area contributed by atoms with Crippen molar-refractivity contribution >= 4 is 34.4 Å². The fourth-order valence-electron chi connectivity index (χ4n) is 4.71. The van der Waals surface area contributed by atoms with Crippen LogP contribution in [0.3, 0.4) is 0 Å². The van der Waals surface area contributed by atoms with Crippen molar-refractivity contribution in [3.05, 3.63) is 22.5 Å². The van der Waals surface area contributed by atoms with Crippen LogP contribution in [-0.2, 0) is 16.8 Å². The second-order valence-corrected chi connectivity index (χ2v) is 8.78. The van der Waals surface area contributed by atoms with Gasteiger partial charge >= 0.3 is 6.03 Å². The number of oxazole rings is 1. The number of fused-ring (bicyclic) bond motifs is 4. The van der Waals surface area contributed by atoms with E-state index >= 15 is 0 Å². The number of amides is 2. The fourth-order valence-corrected chi connectivity index (χ4v) is 4.96. The van der Waals surface area contributed by atoms with Gasteiger partial charge in [0, 0.05) is 31.1 Å². The number of benzene rings is 1. The zero-order valence-corrected chi connectivity index (χ0v) is 17.1. The molecule has 0 radical (unpaired) electrons. The molecule has 2 aliphatic heterocycles. The third kappa shape index (κ3) is 3.52. The molecule has 1 aliphatic carbocycles. The van der Waals surface area contributed by atoms with Crippen LogP contribution < -0.4 is 16.0 Å². The molecule has 162 valence electrons. The molecule has 1 atom stereocenters. The Morgan fingerprint density at radius 3 is 2.83 bits per heavy atom. The normalized spacial score (nSPS) is 25.0. The first-order valence-corrected chi connectivity index (χ1v) is 10.6. The van der Waals surface area contributed by atoms with Gasteiger partial charge in [-0.25, -0.2) is 18.6 Å². The number of alkyl halides is 2. The summed E-state index contributed by atoms with van der Waals surface area (Å²) in [6, 6.07) is 1.43. The second kappa shape index (κ2) is 7.32. The first-order valence-electron chi connectivity index (χ1n) is 10.3. The lowest BCUT2D eigenvalue weighted by Gasteiger charge is -2.44. The lowest BCUT2D eigenvalue weighted by atomic mass is 9.73. The quantitative estimate of drug-likeness (QED) is 0.662. The van der Waals surface area contributed by atoms with E-state index in [1.54, 1.807) is 6.07 Å². The number of halogens is 3. The van der Waals surface area contributed by atoms with E-state index in [1.807, 2.05) is 0 Å². The Hall–Kier alpha value is -1.97. The average molecular weight is 441 g/mol. The molecule has 1 saturated heterocycles. The van der Waals surface area contributed by atoms with Crippen molar-refractivity contribution in [2.24, 2.45) is 0 Å². The van der Waals surface area contributed by atoms with Gasteiger partial charge in [0.15, 0.2) is 5.58 Å². The maximum atomic E-state index is 13.9. The molecule has 1 aromatic heterocycles. The molecule has 2 aromatic rings. The maximum Gasteiger partial charge on any atom is 0.319 e. The largest absolute Gasteiger partial charge is 0.439 e. The van der Waals surface area contributed by atoms with Gasteiger partial charge in [-0.3, -0.25) is 0 Å². The molecule has 3 aliphatic rings. The van der Waals surface area contributed by atoms with Gasteiger partial charge in [-0.05, 0) is 31.7 Å². The first-order chi connectivity index (χ1) is 14.4. The Kier molecular flexibility index (Phi) is 4.87. The molecule has 3 N–H and O–H groups in total. The van der Waals surface area contributed by atoms with E-state index in [9.17, 15) is 13.6 Å². The monoisotopic (exact) mass is 440 g/mol. The lowest BCUT2D eigenvalue weighted by Crippen LogP contribution is -2.54. The number of ether oxygens (including phenoxy) is 1. The summed E-state index contributed by atoms with van der Waals surface area (Å²) < 4.78 is 39.3. The number of anilines is 1. The number of carbonyl (C=O) groups excluding carboxylic acids is 1. The third-order valence-corrected chi connectivity index (χ3v) is 6.58. The van der Waals surface area contributed by atoms with E-state index in [0.29, 0.717) is 46.4 Å². The molecule has 1 saturated carbocycles. The van der Waals surface area contributed by atoms with Crippen molar-refractivity contribution in [2.45, 2.75) is 62.6 Å². The molecule has 1 aromatic carbocycles. The van der Waals surface area contributed by atoms with Crippen molar-refractivity contribution < 1.29 is 22.7 Å². The molecule has 2 fully saturated rings. The van der Waals surface area contributed by atoms with Crippen molar-refractivity contribution in [3.8, 4) is 0 Å². The highest BCUT2D eigenvalue weighted by Crippen LogP contribution is 2.51. The Balaban J connectivity index is 1.52. The smallest absolute Gasteiger partial charge is 0.319 e. The molecular formula is C20H23ClF2N4O3. The summed E-state index contributed by atoms with van der Waals surface area (Å²) in [4.78, 5) is 16.8. The van der Waals surface area contributed by atoms with E-state index < -0.39 is 17.5 Å². The summed E-state index contributed by atoms with van der Waals surface area (Å²) >= 11 is 6.45. The predicted octanol–water partition coefficient (Wildman–Crippen LogP) is 4.29. The second-order valence-electron chi connectivity index (χ2n) is 8.38. The Bertz CT molecular complexity index is 980. The molecule has 10 heteroatoms. The zero-order valence-electron chi connectivity index (χ0n) is 16.3. The summed E-state index contributed by atoms with van der Waals surface area (Å²) in [7, 11) is 0. The number of nitrogens with zero attached hydrogens (tertiary/aromatic N) is 1. The van der Waals surface area contributed by atoms with Gasteiger partial charge in [-0.15, -0.1) is 0 Å². The van der Waals surface area contributed by atoms with Gasteiger partial charge in [-0.2, -0.15) is 0 Å². The van der Waals surface area contributed by atoms with Crippen LogP contribution in [0.5, 0.6) is 0 Å². The highest BCUT2D eigenvalue weighted by Gasteiger charge is 2.50. The van der Waals surface area contributed by atoms with Crippen LogP contribution in [0.2, 0.25) is 5.02 Å². The van der Waals surface area contributed by atoms with Gasteiger partial charge in [0.25, 0.3) is 0 Å². The van der Waals surface area contributed by atoms with Crippen LogP contribution in [0, 0.1) is 0 Å². The number of rotatable bonds is 3. The molecule has 2 amide bonds. The number of urea groups is 1. The minimum Gasteiger partial charge on any atom is -0.439 e. The summed E-state index contributed by atoms with van der Waals surface area (Å²) in [6.45, 7) is 1.85. The Morgan fingerprint density at radius 1 is 1.30 bits per heavy atom. The molecule has 1 spiro atoms. The van der Waals surface area contributed by atoms with E-state index in [2.05, 4.69) is 20.9 Å². The van der Waals surface area contributed by atoms with Crippen molar-refractivity contribution in [1.82, 2.24) is 15.6 Å². The van der Waals surface area contributed by atoms with Crippen molar-refractivity contribution in [1.29, 1.82) is 0 Å². The summed E-state index contributed by atoms with van der Waals surface area (Å²) in [5.41, 5.74) is 1.09. The third-order valence-electron chi connectivity index (χ3n) is 6.28. The molecule has 0 bridgehead atoms. The number of aromatic nitrogens is 1. The van der Waals surface area contributed by atoms with E-state index in [1.165, 1.54) is 0 Å². The van der Waals surface area contributed by atoms with E-state index in [0.717, 1.165) is 19.4 Å². The van der Waals surface area contributed by atoms with Gasteiger partial charge in [0.1, 0.15) is 5.52 Å². The molecule has 30 heavy (non-hydrogen) atoms. The maximum absolute atomic E-state index is 13.9. The van der Waals surface area contributed by atoms with Crippen LogP contribution >= 0.6 is 11.6 Å². The molecule has 5 rings (SSSR count). The van der Waals surface area contributed by atoms with Crippen LogP contribution in [0.1, 0.15) is 50.0 Å². The summed E-state index contributed by atoms with van der Waals surface area (Å²) in [5, 5.41) is 9.29. The number of nitrogens with one attached hydrogen (secondary N) is 3. The number of hydrogen-bond donors (Lipinski definition) is 3. The van der Waals surface area contributed by atoms with Gasteiger partial charge < -0.3 is 25.1 Å². The minimum atomic E-state index is -2.74. The summed E-state index contributed by atoms with van der Waals surface area (Å²) in [5.74, 6) is -2.26. The van der Waals surface area contributed by atoms with Crippen LogP contribution in [0.25, 0.3) is 11.1 Å². The van der Waals surface area contributed by atoms with Crippen LogP contribution in [0.15, 0.2) is 10.5 Å². The number of carbonyl (C=O) groups is 1. The fraction of sp³-hybridized carbons (Fsp3) is 0.600. The van der Waals surface area contributed by atoms with Crippen molar-refractivity contribution in [2.75, 3.05) is 18.5 Å². The molecule has 0 unspecified atom stereocenters. The van der Waals surface area contributed by atoms with Crippen molar-refractivity contribution in [3.63, 3.8) is 0 Å². The summed E-state index contributed by atoms with van der Waals surface area (Å²) in [6.07, 6.45) is 1.60. The van der Waals surface area contributed by atoms with Gasteiger partial charge in [0.2, 0.25) is 11.8 Å². The Morgan fingerprint density at radius 2 is 2.10 bits per heavy atom. The van der Waals surface area contributed by atoms with E-state index in [4.69, 9.17) is 20.8 Å². The highest BCUT2D eigenvalue weighted by atomic mass is 35.5. The predicted molar refractivity (Wildman–Crippen MR) is 107 cm³/mol.